The van der Waals surface area contributed by atoms with Crippen molar-refractivity contribution in [1.29, 1.82) is 0 Å². The van der Waals surface area contributed by atoms with E-state index < -0.39 is 0 Å². The zero-order valence-electron chi connectivity index (χ0n) is 10.7. The molecule has 3 N–H and O–H groups in total. The van der Waals surface area contributed by atoms with Gasteiger partial charge in [0, 0.05) is 22.5 Å². The highest BCUT2D eigenvalue weighted by Crippen LogP contribution is 2.19. The maximum atomic E-state index is 11.9. The van der Waals surface area contributed by atoms with Crippen molar-refractivity contribution in [3.05, 3.63) is 35.0 Å². The van der Waals surface area contributed by atoms with Gasteiger partial charge in [0.05, 0.1) is 6.10 Å². The highest BCUT2D eigenvalue weighted by Gasteiger charge is 2.10. The van der Waals surface area contributed by atoms with Crippen molar-refractivity contribution in [1.82, 2.24) is 10.3 Å². The maximum Gasteiger partial charge on any atom is 0.267 e. The maximum absolute atomic E-state index is 11.9. The summed E-state index contributed by atoms with van der Waals surface area (Å²) in [5.74, 6) is -0.171. The quantitative estimate of drug-likeness (QED) is 0.788. The van der Waals surface area contributed by atoms with Crippen LogP contribution in [0.5, 0.6) is 0 Å². The van der Waals surface area contributed by atoms with Gasteiger partial charge in [-0.25, -0.2) is 0 Å². The number of carbonyl (C=O) groups excluding carboxylic acids is 1. The van der Waals surface area contributed by atoms with Crippen LogP contribution >= 0.6 is 11.6 Å². The fourth-order valence-electron chi connectivity index (χ4n) is 1.87. The van der Waals surface area contributed by atoms with Gasteiger partial charge in [0.2, 0.25) is 0 Å². The molecule has 0 radical (unpaired) electrons. The number of benzene rings is 1. The largest absolute Gasteiger partial charge is 0.393 e. The van der Waals surface area contributed by atoms with Crippen molar-refractivity contribution in [2.45, 2.75) is 25.9 Å². The van der Waals surface area contributed by atoms with E-state index in [9.17, 15) is 9.90 Å². The van der Waals surface area contributed by atoms with E-state index in [1.165, 1.54) is 0 Å². The van der Waals surface area contributed by atoms with Crippen LogP contribution in [0.4, 0.5) is 0 Å². The molecule has 1 atom stereocenters. The highest BCUT2D eigenvalue weighted by atomic mass is 35.5. The predicted molar refractivity (Wildman–Crippen MR) is 76.6 cm³/mol. The van der Waals surface area contributed by atoms with Crippen LogP contribution in [0.25, 0.3) is 10.9 Å². The average molecular weight is 281 g/mol. The van der Waals surface area contributed by atoms with E-state index in [0.717, 1.165) is 10.9 Å². The van der Waals surface area contributed by atoms with Crippen LogP contribution in [0.1, 0.15) is 30.3 Å². The Bertz CT molecular complexity index is 580. The molecular weight excluding hydrogens is 264 g/mol. The molecular formula is C14H17ClN2O2. The molecule has 0 saturated heterocycles. The van der Waals surface area contributed by atoms with E-state index in [-0.39, 0.29) is 12.0 Å². The third-order valence-corrected chi connectivity index (χ3v) is 3.30. The van der Waals surface area contributed by atoms with Gasteiger partial charge in [-0.2, -0.15) is 0 Å². The third-order valence-electron chi connectivity index (χ3n) is 3.06. The monoisotopic (exact) mass is 280 g/mol. The predicted octanol–water partition coefficient (Wildman–Crippen LogP) is 2.71. The molecule has 1 heterocycles. The van der Waals surface area contributed by atoms with E-state index in [4.69, 9.17) is 11.6 Å². The van der Waals surface area contributed by atoms with Crippen molar-refractivity contribution in [3.63, 3.8) is 0 Å². The van der Waals surface area contributed by atoms with E-state index in [2.05, 4.69) is 10.3 Å². The number of fused-ring (bicyclic) bond motifs is 1. The van der Waals surface area contributed by atoms with Crippen molar-refractivity contribution in [3.8, 4) is 0 Å². The Kier molecular flexibility index (Phi) is 4.45. The van der Waals surface area contributed by atoms with Crippen molar-refractivity contribution in [2.75, 3.05) is 6.54 Å². The van der Waals surface area contributed by atoms with Gasteiger partial charge in [-0.3, -0.25) is 4.79 Å². The summed E-state index contributed by atoms with van der Waals surface area (Å²) in [6.45, 7) is 2.37. The molecule has 1 amide bonds. The lowest BCUT2D eigenvalue weighted by Gasteiger charge is -2.07. The lowest BCUT2D eigenvalue weighted by Crippen LogP contribution is -2.27. The van der Waals surface area contributed by atoms with Gasteiger partial charge < -0.3 is 15.4 Å². The first kappa shape index (κ1) is 13.9. The fourth-order valence-corrected chi connectivity index (χ4v) is 2.05. The Morgan fingerprint density at radius 3 is 3.00 bits per heavy atom. The van der Waals surface area contributed by atoms with Gasteiger partial charge in [0.15, 0.2) is 0 Å². The molecule has 2 aromatic rings. The Balaban J connectivity index is 2.01. The second kappa shape index (κ2) is 6.08. The number of rotatable bonds is 5. The summed E-state index contributed by atoms with van der Waals surface area (Å²) in [7, 11) is 0. The van der Waals surface area contributed by atoms with E-state index in [1.54, 1.807) is 18.2 Å². The highest BCUT2D eigenvalue weighted by molar-refractivity contribution is 6.31. The molecule has 0 aliphatic carbocycles. The third kappa shape index (κ3) is 3.49. The van der Waals surface area contributed by atoms with Gasteiger partial charge in [-0.1, -0.05) is 24.6 Å². The van der Waals surface area contributed by atoms with Crippen LogP contribution in [0.2, 0.25) is 5.02 Å². The summed E-state index contributed by atoms with van der Waals surface area (Å²) in [5, 5.41) is 13.8. The number of nitrogens with one attached hydrogen (secondary N) is 2. The summed E-state index contributed by atoms with van der Waals surface area (Å²) in [5.41, 5.74) is 1.34. The van der Waals surface area contributed by atoms with Crippen LogP contribution in [0, 0.1) is 0 Å². The van der Waals surface area contributed by atoms with E-state index >= 15 is 0 Å². The molecule has 1 unspecified atom stereocenters. The lowest BCUT2D eigenvalue weighted by atomic mass is 10.2. The van der Waals surface area contributed by atoms with Crippen LogP contribution < -0.4 is 5.32 Å². The van der Waals surface area contributed by atoms with Gasteiger partial charge in [-0.05, 0) is 31.0 Å². The second-order valence-corrected chi connectivity index (χ2v) is 4.96. The number of hydrogen-bond acceptors (Lipinski definition) is 2. The Morgan fingerprint density at radius 2 is 2.26 bits per heavy atom. The summed E-state index contributed by atoms with van der Waals surface area (Å²) in [6, 6.07) is 7.23. The zero-order valence-corrected chi connectivity index (χ0v) is 11.5. The molecule has 5 heteroatoms. The molecule has 19 heavy (non-hydrogen) atoms. The van der Waals surface area contributed by atoms with E-state index in [1.807, 2.05) is 13.0 Å². The Morgan fingerprint density at radius 1 is 1.47 bits per heavy atom. The van der Waals surface area contributed by atoms with Crippen LogP contribution in [0.15, 0.2) is 24.3 Å². The summed E-state index contributed by atoms with van der Waals surface area (Å²) < 4.78 is 0. The molecule has 1 aromatic carbocycles. The molecule has 1 aromatic heterocycles. The molecule has 0 spiro atoms. The van der Waals surface area contributed by atoms with Gasteiger partial charge >= 0.3 is 0 Å². The molecule has 0 saturated carbocycles. The number of aromatic nitrogens is 1. The molecule has 2 rings (SSSR count). The van der Waals surface area contributed by atoms with Crippen molar-refractivity contribution in [2.24, 2.45) is 0 Å². The number of hydrogen-bond donors (Lipinski definition) is 3. The summed E-state index contributed by atoms with van der Waals surface area (Å²) >= 11 is 5.89. The number of halogens is 1. The van der Waals surface area contributed by atoms with Gasteiger partial charge in [0.1, 0.15) is 5.69 Å². The van der Waals surface area contributed by atoms with Gasteiger partial charge in [0.25, 0.3) is 5.91 Å². The Hall–Kier alpha value is -1.52. The first-order valence-corrected chi connectivity index (χ1v) is 6.72. The Labute approximate surface area is 116 Å². The number of H-pyrrole nitrogens is 1. The molecule has 0 fully saturated rings. The summed E-state index contributed by atoms with van der Waals surface area (Å²) in [4.78, 5) is 14.9. The number of aromatic amines is 1. The first-order chi connectivity index (χ1) is 9.10. The molecule has 0 aliphatic heterocycles. The standard InChI is InChI=1S/C14H17ClN2O2/c1-2-11(18)5-6-16-14(19)13-7-9-3-4-10(15)8-12(9)17-13/h3-4,7-8,11,17-18H,2,5-6H2,1H3,(H,16,19). The smallest absolute Gasteiger partial charge is 0.267 e. The van der Waals surface area contributed by atoms with Crippen molar-refractivity contribution < 1.29 is 9.90 Å². The summed E-state index contributed by atoms with van der Waals surface area (Å²) in [6.07, 6.45) is 0.900. The zero-order chi connectivity index (χ0) is 13.8. The number of aliphatic hydroxyl groups is 1. The topological polar surface area (TPSA) is 65.1 Å². The molecule has 0 aliphatic rings. The van der Waals surface area contributed by atoms with Crippen LogP contribution in [-0.2, 0) is 0 Å². The van der Waals surface area contributed by atoms with Crippen molar-refractivity contribution >= 4 is 28.4 Å². The molecule has 4 nitrogen and oxygen atoms in total. The van der Waals surface area contributed by atoms with Crippen LogP contribution in [0.3, 0.4) is 0 Å². The molecule has 0 bridgehead atoms. The molecule has 102 valence electrons. The average Bonchev–Trinajstić information content (AvgIpc) is 2.81. The fraction of sp³-hybridized carbons (Fsp3) is 0.357. The minimum Gasteiger partial charge on any atom is -0.393 e. The SMILES string of the molecule is CCC(O)CCNC(=O)c1cc2ccc(Cl)cc2[nH]1. The normalized spacial score (nSPS) is 12.6. The number of amides is 1. The number of aliphatic hydroxyl groups excluding tert-OH is 1. The van der Waals surface area contributed by atoms with Gasteiger partial charge in [-0.15, -0.1) is 0 Å². The minimum absolute atomic E-state index is 0.171. The lowest BCUT2D eigenvalue weighted by molar-refractivity contribution is 0.0938. The first-order valence-electron chi connectivity index (χ1n) is 6.34. The second-order valence-electron chi connectivity index (χ2n) is 4.52. The minimum atomic E-state index is -0.359. The van der Waals surface area contributed by atoms with Crippen LogP contribution in [-0.4, -0.2) is 28.6 Å². The number of carbonyl (C=O) groups is 1. The van der Waals surface area contributed by atoms with E-state index in [0.29, 0.717) is 30.1 Å².